The summed E-state index contributed by atoms with van der Waals surface area (Å²) in [6.45, 7) is 2.23. The SMILES string of the molecule is [Pt].[c-]1c(Oc2[c-]c3c(cc2)c2ccccc2n3-c2ccccn2)ccc2c1N1[CH-]N(c3ccccc3)c3cccc(c31)B2c1ccccc1. The number of pyridine rings is 1. The van der Waals surface area contributed by atoms with Gasteiger partial charge in [0.2, 0.25) is 0 Å². The van der Waals surface area contributed by atoms with Crippen molar-refractivity contribution in [1.82, 2.24) is 9.55 Å². The van der Waals surface area contributed by atoms with Gasteiger partial charge >= 0.3 is 0 Å². The van der Waals surface area contributed by atoms with Crippen LogP contribution in [-0.4, -0.2) is 16.3 Å². The maximum atomic E-state index is 6.59. The molecule has 10 rings (SSSR count). The Kier molecular flexibility index (Phi) is 7.14. The molecule has 0 N–H and O–H groups in total. The average Bonchev–Trinajstić information content (AvgIpc) is 3.70. The summed E-state index contributed by atoms with van der Waals surface area (Å²) in [7, 11) is 0. The molecule has 4 heterocycles. The number of aromatic nitrogens is 2. The van der Waals surface area contributed by atoms with Crippen molar-refractivity contribution in [3.63, 3.8) is 0 Å². The number of rotatable bonds is 5. The van der Waals surface area contributed by atoms with E-state index in [1.54, 1.807) is 0 Å². The minimum absolute atomic E-state index is 0. The standard InChI is InChI=1S/C42H26BN4O.Pt/c1-3-12-29(13-4-1)43-35-24-22-32(27-40(35)46-28-45(30-14-5-2-6-15-30)38-19-11-17-36(43)42(38)46)48-31-21-23-34-33-16-7-8-18-37(33)47(39(34)26-31)41-20-9-10-25-44-41;/h1-25,28H;/q-3;. The van der Waals surface area contributed by atoms with Gasteiger partial charge < -0.3 is 19.1 Å². The largest absolute Gasteiger partial charge is 0.509 e. The molecular formula is C42H26BN4OPt-3. The van der Waals surface area contributed by atoms with Crippen molar-refractivity contribution in [2.75, 3.05) is 9.80 Å². The van der Waals surface area contributed by atoms with E-state index in [1.165, 1.54) is 22.1 Å². The predicted molar refractivity (Wildman–Crippen MR) is 195 cm³/mol. The number of anilines is 4. The summed E-state index contributed by atoms with van der Waals surface area (Å²) in [6, 6.07) is 57.8. The van der Waals surface area contributed by atoms with Crippen molar-refractivity contribution < 1.29 is 25.8 Å². The molecule has 0 amide bonds. The second kappa shape index (κ2) is 11.8. The van der Waals surface area contributed by atoms with Crippen LogP contribution in [0.5, 0.6) is 11.5 Å². The summed E-state index contributed by atoms with van der Waals surface area (Å²) < 4.78 is 8.74. The van der Waals surface area contributed by atoms with Gasteiger partial charge in [0.05, 0.1) is 0 Å². The van der Waals surface area contributed by atoms with Crippen molar-refractivity contribution in [2.45, 2.75) is 0 Å². The predicted octanol–water partition coefficient (Wildman–Crippen LogP) is 7.81. The van der Waals surface area contributed by atoms with Gasteiger partial charge in [0.1, 0.15) is 5.82 Å². The van der Waals surface area contributed by atoms with Crippen LogP contribution in [0, 0.1) is 18.8 Å². The van der Waals surface area contributed by atoms with E-state index in [4.69, 9.17) is 4.74 Å². The summed E-state index contributed by atoms with van der Waals surface area (Å²) in [6.07, 6.45) is 1.82. The van der Waals surface area contributed by atoms with Crippen LogP contribution in [0.25, 0.3) is 27.6 Å². The molecule has 0 saturated carbocycles. The van der Waals surface area contributed by atoms with Crippen LogP contribution in [0.15, 0.2) is 152 Å². The Morgan fingerprint density at radius 1 is 0.612 bits per heavy atom. The van der Waals surface area contributed by atoms with Crippen LogP contribution in [-0.2, 0) is 21.1 Å². The molecule has 0 saturated heterocycles. The zero-order valence-corrected chi connectivity index (χ0v) is 28.4. The molecule has 2 aliphatic rings. The minimum atomic E-state index is 0. The molecule has 0 unspecified atom stereocenters. The molecule has 7 heteroatoms. The van der Waals surface area contributed by atoms with Gasteiger partial charge in [-0.05, 0) is 41.8 Å². The van der Waals surface area contributed by atoms with Gasteiger partial charge in [-0.1, -0.05) is 101 Å². The molecule has 49 heavy (non-hydrogen) atoms. The van der Waals surface area contributed by atoms with Crippen molar-refractivity contribution in [3.05, 3.63) is 171 Å². The molecular weight excluding hydrogens is 782 g/mol. The van der Waals surface area contributed by atoms with Gasteiger partial charge in [-0.25, -0.2) is 4.98 Å². The van der Waals surface area contributed by atoms with Gasteiger partial charge in [0, 0.05) is 61.3 Å². The Labute approximate surface area is 299 Å². The minimum Gasteiger partial charge on any atom is -0.509 e. The van der Waals surface area contributed by atoms with E-state index < -0.39 is 0 Å². The van der Waals surface area contributed by atoms with Gasteiger partial charge in [-0.15, -0.1) is 47.5 Å². The van der Waals surface area contributed by atoms with Crippen LogP contribution in [0.4, 0.5) is 22.7 Å². The zero-order valence-electron chi connectivity index (χ0n) is 26.1. The smallest absolute Gasteiger partial charge is 0.180 e. The number of hydrogen-bond donors (Lipinski definition) is 0. The summed E-state index contributed by atoms with van der Waals surface area (Å²) in [5.74, 6) is 2.09. The van der Waals surface area contributed by atoms with E-state index in [0.717, 1.165) is 44.7 Å². The first kappa shape index (κ1) is 29.6. The molecule has 0 bridgehead atoms. The van der Waals surface area contributed by atoms with Crippen molar-refractivity contribution in [1.29, 1.82) is 0 Å². The van der Waals surface area contributed by atoms with Gasteiger partial charge in [0.15, 0.2) is 6.71 Å². The molecule has 2 aromatic heterocycles. The first-order valence-electron chi connectivity index (χ1n) is 16.1. The Balaban J connectivity index is 0.00000325. The third-order valence-corrected chi connectivity index (χ3v) is 9.39. The molecule has 0 radical (unpaired) electrons. The fourth-order valence-corrected chi connectivity index (χ4v) is 7.35. The maximum Gasteiger partial charge on any atom is 0.180 e. The average molecular weight is 809 g/mol. The van der Waals surface area contributed by atoms with Crippen LogP contribution >= 0.6 is 0 Å². The van der Waals surface area contributed by atoms with Crippen molar-refractivity contribution in [2.24, 2.45) is 0 Å². The molecule has 0 spiro atoms. The van der Waals surface area contributed by atoms with Gasteiger partial charge in [-0.3, -0.25) is 0 Å². The first-order valence-corrected chi connectivity index (χ1v) is 16.1. The maximum absolute atomic E-state index is 6.59. The van der Waals surface area contributed by atoms with Crippen LogP contribution in [0.1, 0.15) is 0 Å². The summed E-state index contributed by atoms with van der Waals surface area (Å²) in [4.78, 5) is 9.20. The second-order valence-corrected chi connectivity index (χ2v) is 12.1. The summed E-state index contributed by atoms with van der Waals surface area (Å²) in [5.41, 5.74) is 10.1. The number of para-hydroxylation sites is 3. The molecule has 236 valence electrons. The summed E-state index contributed by atoms with van der Waals surface area (Å²) >= 11 is 0. The van der Waals surface area contributed by atoms with Crippen LogP contribution in [0.3, 0.4) is 0 Å². The van der Waals surface area contributed by atoms with Crippen molar-refractivity contribution in [3.8, 4) is 17.3 Å². The quantitative estimate of drug-likeness (QED) is 0.131. The van der Waals surface area contributed by atoms with Crippen molar-refractivity contribution >= 4 is 67.7 Å². The van der Waals surface area contributed by atoms with E-state index in [2.05, 4.69) is 153 Å². The molecule has 5 nitrogen and oxygen atoms in total. The number of benzene rings is 6. The fourth-order valence-electron chi connectivity index (χ4n) is 7.35. The van der Waals surface area contributed by atoms with E-state index in [1.807, 2.05) is 36.5 Å². The first-order chi connectivity index (χ1) is 23.8. The van der Waals surface area contributed by atoms with E-state index in [9.17, 15) is 0 Å². The molecule has 2 aliphatic heterocycles. The molecule has 6 aromatic carbocycles. The third-order valence-electron chi connectivity index (χ3n) is 9.39. The Bertz CT molecular complexity index is 2490. The van der Waals surface area contributed by atoms with Crippen LogP contribution < -0.4 is 30.9 Å². The summed E-state index contributed by atoms with van der Waals surface area (Å²) in [5, 5.41) is 2.25. The molecule has 8 aromatic rings. The molecule has 0 fully saturated rings. The number of ether oxygens (including phenoxy) is 1. The number of fused-ring (bicyclic) bond motifs is 5. The zero-order chi connectivity index (χ0) is 31.6. The molecule has 0 aliphatic carbocycles. The Morgan fingerprint density at radius 2 is 1.37 bits per heavy atom. The van der Waals surface area contributed by atoms with E-state index in [0.29, 0.717) is 11.5 Å². The number of hydrogen-bond acceptors (Lipinski definition) is 4. The second-order valence-electron chi connectivity index (χ2n) is 12.1. The van der Waals surface area contributed by atoms with E-state index in [-0.39, 0.29) is 27.8 Å². The van der Waals surface area contributed by atoms with Gasteiger partial charge in [0.25, 0.3) is 0 Å². The van der Waals surface area contributed by atoms with Crippen LogP contribution in [0.2, 0.25) is 0 Å². The third kappa shape index (κ3) is 4.70. The molecule has 0 atom stereocenters. The topological polar surface area (TPSA) is 33.5 Å². The normalized spacial score (nSPS) is 12.9. The van der Waals surface area contributed by atoms with E-state index >= 15 is 0 Å². The Hall–Kier alpha value is -5.58. The monoisotopic (exact) mass is 808 g/mol. The Morgan fingerprint density at radius 3 is 2.20 bits per heavy atom. The van der Waals surface area contributed by atoms with Gasteiger partial charge in [-0.2, -0.15) is 12.1 Å². The fraction of sp³-hybridized carbons (Fsp3) is 0. The number of nitrogens with zero attached hydrogens (tertiary/aromatic N) is 4.